The molecule has 2 rings (SSSR count). The third kappa shape index (κ3) is 2.63. The molecule has 0 aliphatic carbocycles. The fourth-order valence-electron chi connectivity index (χ4n) is 1.74. The molecule has 0 radical (unpaired) electrons. The summed E-state index contributed by atoms with van der Waals surface area (Å²) in [6.45, 7) is 0. The molecule has 1 aromatic heterocycles. The van der Waals surface area contributed by atoms with E-state index in [4.69, 9.17) is 9.52 Å². The molecule has 16 heavy (non-hydrogen) atoms. The molecule has 0 aliphatic heterocycles. The Hall–Kier alpha value is -1.77. The molecule has 1 N–H and O–H groups in total. The van der Waals surface area contributed by atoms with Crippen LogP contribution < -0.4 is 0 Å². The van der Waals surface area contributed by atoms with Crippen LogP contribution in [0, 0.1) is 0 Å². The van der Waals surface area contributed by atoms with Crippen molar-refractivity contribution >= 4 is 16.9 Å². The number of benzene rings is 1. The van der Waals surface area contributed by atoms with Crippen molar-refractivity contribution in [3.05, 3.63) is 36.1 Å². The van der Waals surface area contributed by atoms with E-state index in [0.29, 0.717) is 6.42 Å². The van der Waals surface area contributed by atoms with E-state index in [1.54, 1.807) is 0 Å². The maximum Gasteiger partial charge on any atom is 0.303 e. The Morgan fingerprint density at radius 2 is 2.06 bits per heavy atom. The maximum atomic E-state index is 10.3. The van der Waals surface area contributed by atoms with Crippen molar-refractivity contribution in [1.82, 2.24) is 0 Å². The van der Waals surface area contributed by atoms with Crippen molar-refractivity contribution in [2.24, 2.45) is 0 Å². The molecule has 0 bridgehead atoms. The number of carboxylic acids is 1. The van der Waals surface area contributed by atoms with Gasteiger partial charge in [0.15, 0.2) is 0 Å². The van der Waals surface area contributed by atoms with Crippen molar-refractivity contribution in [3.8, 4) is 0 Å². The number of unbranched alkanes of at least 4 members (excludes halogenated alkanes) is 1. The lowest BCUT2D eigenvalue weighted by atomic mass is 10.1. The number of rotatable bonds is 5. The molecule has 0 spiro atoms. The van der Waals surface area contributed by atoms with Crippen LogP contribution in [0.15, 0.2) is 34.7 Å². The molecule has 0 saturated heterocycles. The minimum atomic E-state index is -0.732. The zero-order valence-electron chi connectivity index (χ0n) is 8.98. The van der Waals surface area contributed by atoms with Crippen LogP contribution in [0.2, 0.25) is 0 Å². The number of carboxylic acid groups (broad SMARTS) is 1. The summed E-state index contributed by atoms with van der Waals surface area (Å²) in [6, 6.07) is 9.90. The molecule has 2 aromatic rings. The van der Waals surface area contributed by atoms with Crippen LogP contribution in [0.1, 0.15) is 25.0 Å². The van der Waals surface area contributed by atoms with Crippen molar-refractivity contribution in [2.45, 2.75) is 25.7 Å². The molecule has 0 fully saturated rings. The normalized spacial score (nSPS) is 10.8. The Kier molecular flexibility index (Phi) is 3.25. The number of aryl methyl sites for hydroxylation is 1. The minimum absolute atomic E-state index is 0.236. The zero-order valence-corrected chi connectivity index (χ0v) is 8.98. The monoisotopic (exact) mass is 218 g/mol. The first-order valence-electron chi connectivity index (χ1n) is 5.45. The summed E-state index contributed by atoms with van der Waals surface area (Å²) < 4.78 is 5.63. The number of hydrogen-bond donors (Lipinski definition) is 1. The van der Waals surface area contributed by atoms with Crippen LogP contribution in [-0.4, -0.2) is 11.1 Å². The van der Waals surface area contributed by atoms with Gasteiger partial charge >= 0.3 is 5.97 Å². The van der Waals surface area contributed by atoms with E-state index in [2.05, 4.69) is 0 Å². The molecule has 84 valence electrons. The standard InChI is InChI=1S/C13H14O3/c14-13(15)8-4-2-6-11-9-10-5-1-3-7-12(10)16-11/h1,3,5,7,9H,2,4,6,8H2,(H,14,15). The zero-order chi connectivity index (χ0) is 11.4. The Balaban J connectivity index is 1.92. The molecule has 1 aromatic carbocycles. The van der Waals surface area contributed by atoms with Crippen molar-refractivity contribution in [2.75, 3.05) is 0 Å². The van der Waals surface area contributed by atoms with E-state index in [1.807, 2.05) is 30.3 Å². The number of carbonyl (C=O) groups is 1. The van der Waals surface area contributed by atoms with Gasteiger partial charge in [0.1, 0.15) is 11.3 Å². The quantitative estimate of drug-likeness (QED) is 0.784. The highest BCUT2D eigenvalue weighted by atomic mass is 16.4. The van der Waals surface area contributed by atoms with E-state index in [9.17, 15) is 4.79 Å². The molecule has 0 unspecified atom stereocenters. The summed E-state index contributed by atoms with van der Waals surface area (Å²) in [4.78, 5) is 10.3. The predicted octanol–water partition coefficient (Wildman–Crippen LogP) is 3.23. The molecule has 1 heterocycles. The van der Waals surface area contributed by atoms with Crippen LogP contribution in [-0.2, 0) is 11.2 Å². The molecule has 0 amide bonds. The average molecular weight is 218 g/mol. The van der Waals surface area contributed by atoms with Crippen molar-refractivity contribution in [3.63, 3.8) is 0 Å². The smallest absolute Gasteiger partial charge is 0.303 e. The molecular formula is C13H14O3. The summed E-state index contributed by atoms with van der Waals surface area (Å²) >= 11 is 0. The molecule has 3 nitrogen and oxygen atoms in total. The number of para-hydroxylation sites is 1. The molecule has 0 atom stereocenters. The second-order valence-corrected chi connectivity index (χ2v) is 3.85. The Morgan fingerprint density at radius 1 is 1.25 bits per heavy atom. The van der Waals surface area contributed by atoms with E-state index < -0.39 is 5.97 Å². The predicted molar refractivity (Wildman–Crippen MR) is 61.4 cm³/mol. The molecule has 3 heteroatoms. The van der Waals surface area contributed by atoms with Gasteiger partial charge in [0.05, 0.1) is 0 Å². The Bertz CT molecular complexity index is 452. The summed E-state index contributed by atoms with van der Waals surface area (Å²) in [5, 5.41) is 9.61. The van der Waals surface area contributed by atoms with Gasteiger partial charge < -0.3 is 9.52 Å². The highest BCUT2D eigenvalue weighted by Crippen LogP contribution is 2.20. The Morgan fingerprint density at radius 3 is 2.81 bits per heavy atom. The number of aliphatic carboxylic acids is 1. The summed E-state index contributed by atoms with van der Waals surface area (Å²) in [6.07, 6.45) is 2.60. The first kappa shape index (κ1) is 10.7. The van der Waals surface area contributed by atoms with Crippen LogP contribution in [0.4, 0.5) is 0 Å². The van der Waals surface area contributed by atoms with Crippen LogP contribution >= 0.6 is 0 Å². The summed E-state index contributed by atoms with van der Waals surface area (Å²) in [5.74, 6) is 0.205. The minimum Gasteiger partial charge on any atom is -0.481 e. The lowest BCUT2D eigenvalue weighted by Gasteiger charge is -1.95. The van der Waals surface area contributed by atoms with Gasteiger partial charge in [0.2, 0.25) is 0 Å². The van der Waals surface area contributed by atoms with Crippen LogP contribution in [0.25, 0.3) is 11.0 Å². The SMILES string of the molecule is O=C(O)CCCCc1cc2ccccc2o1. The molecule has 0 aliphatic rings. The average Bonchev–Trinajstić information content (AvgIpc) is 2.66. The van der Waals surface area contributed by atoms with E-state index in [1.165, 1.54) is 0 Å². The fraction of sp³-hybridized carbons (Fsp3) is 0.308. The van der Waals surface area contributed by atoms with Crippen LogP contribution in [0.3, 0.4) is 0 Å². The second kappa shape index (κ2) is 4.84. The van der Waals surface area contributed by atoms with Gasteiger partial charge in [-0.2, -0.15) is 0 Å². The highest BCUT2D eigenvalue weighted by Gasteiger charge is 2.03. The third-order valence-corrected chi connectivity index (χ3v) is 2.54. The highest BCUT2D eigenvalue weighted by molar-refractivity contribution is 5.77. The Labute approximate surface area is 93.7 Å². The van der Waals surface area contributed by atoms with Crippen molar-refractivity contribution in [1.29, 1.82) is 0 Å². The third-order valence-electron chi connectivity index (χ3n) is 2.54. The maximum absolute atomic E-state index is 10.3. The van der Waals surface area contributed by atoms with Crippen molar-refractivity contribution < 1.29 is 14.3 Å². The van der Waals surface area contributed by atoms with Gasteiger partial charge in [-0.05, 0) is 25.0 Å². The van der Waals surface area contributed by atoms with E-state index in [0.717, 1.165) is 29.6 Å². The number of fused-ring (bicyclic) bond motifs is 1. The van der Waals surface area contributed by atoms with E-state index in [-0.39, 0.29) is 6.42 Å². The summed E-state index contributed by atoms with van der Waals surface area (Å²) in [5.41, 5.74) is 0.899. The van der Waals surface area contributed by atoms with Gasteiger partial charge in [-0.1, -0.05) is 18.2 Å². The number of hydrogen-bond acceptors (Lipinski definition) is 2. The second-order valence-electron chi connectivity index (χ2n) is 3.85. The van der Waals surface area contributed by atoms with Gasteiger partial charge in [0.25, 0.3) is 0 Å². The van der Waals surface area contributed by atoms with Gasteiger partial charge in [0, 0.05) is 18.2 Å². The lowest BCUT2D eigenvalue weighted by Crippen LogP contribution is -1.94. The largest absolute Gasteiger partial charge is 0.481 e. The van der Waals surface area contributed by atoms with Gasteiger partial charge in [-0.3, -0.25) is 4.79 Å². The van der Waals surface area contributed by atoms with Gasteiger partial charge in [-0.25, -0.2) is 0 Å². The first-order chi connectivity index (χ1) is 7.75. The molecule has 0 saturated carbocycles. The topological polar surface area (TPSA) is 50.4 Å². The fourth-order valence-corrected chi connectivity index (χ4v) is 1.74. The number of furan rings is 1. The van der Waals surface area contributed by atoms with Crippen LogP contribution in [0.5, 0.6) is 0 Å². The first-order valence-corrected chi connectivity index (χ1v) is 5.45. The summed E-state index contributed by atoms with van der Waals surface area (Å²) in [7, 11) is 0. The van der Waals surface area contributed by atoms with E-state index >= 15 is 0 Å². The lowest BCUT2D eigenvalue weighted by molar-refractivity contribution is -0.137. The van der Waals surface area contributed by atoms with Gasteiger partial charge in [-0.15, -0.1) is 0 Å². The molecular weight excluding hydrogens is 204 g/mol.